The molecule has 0 fully saturated rings. The molecule has 0 radical (unpaired) electrons. The Morgan fingerprint density at radius 2 is 2.04 bits per heavy atom. The molecule has 24 heavy (non-hydrogen) atoms. The number of aromatic nitrogens is 2. The van der Waals surface area contributed by atoms with Crippen molar-refractivity contribution in [3.63, 3.8) is 0 Å². The molecule has 0 aromatic carbocycles. The number of rotatable bonds is 7. The minimum absolute atomic E-state index is 0.0841. The highest BCUT2D eigenvalue weighted by Gasteiger charge is 2.20. The van der Waals surface area contributed by atoms with Gasteiger partial charge in [-0.05, 0) is 49.1 Å². The first-order chi connectivity index (χ1) is 11.1. The van der Waals surface area contributed by atoms with Gasteiger partial charge in [-0.3, -0.25) is 4.79 Å². The van der Waals surface area contributed by atoms with E-state index in [4.69, 9.17) is 4.74 Å². The van der Waals surface area contributed by atoms with Crippen LogP contribution in [0.15, 0.2) is 21.5 Å². The summed E-state index contributed by atoms with van der Waals surface area (Å²) in [7, 11) is 2.96. The summed E-state index contributed by atoms with van der Waals surface area (Å²) in [6, 6.07) is 3.38. The van der Waals surface area contributed by atoms with E-state index in [0.29, 0.717) is 12.2 Å². The first kappa shape index (κ1) is 19.4. The first-order valence-corrected chi connectivity index (χ1v) is 12.8. The molecule has 0 aliphatic heterocycles. The minimum atomic E-state index is -1.12. The van der Waals surface area contributed by atoms with Gasteiger partial charge in [-0.15, -0.1) is 0 Å². The Kier molecular flexibility index (Phi) is 6.12. The van der Waals surface area contributed by atoms with E-state index < -0.39 is 8.07 Å². The Morgan fingerprint density at radius 1 is 1.38 bits per heavy atom. The minimum Gasteiger partial charge on any atom is -0.361 e. The number of nitrogens with one attached hydrogen (secondary N) is 1. The summed E-state index contributed by atoms with van der Waals surface area (Å²) < 4.78 is 8.84. The van der Waals surface area contributed by atoms with Gasteiger partial charge in [0.15, 0.2) is 0 Å². The standard InChI is InChI=1S/C17H28BrN3O2Si/c1-12(20(2)3)15-9-13-14(18)10-19-17(22)16(13)21(15)11-23-7-8-24(4,5)6/h9-10,12H,7-8,11H2,1-6H3,(H,19,22). The first-order valence-electron chi connectivity index (χ1n) is 8.26. The summed E-state index contributed by atoms with van der Waals surface area (Å²) in [5, 5.41) is 0.927. The van der Waals surface area contributed by atoms with Crippen LogP contribution in [0.25, 0.3) is 10.9 Å². The highest BCUT2D eigenvalue weighted by Crippen LogP contribution is 2.29. The molecule has 0 aliphatic carbocycles. The molecule has 0 aliphatic rings. The summed E-state index contributed by atoms with van der Waals surface area (Å²) in [6.07, 6.45) is 1.70. The number of aromatic amines is 1. The van der Waals surface area contributed by atoms with Crippen LogP contribution in [0.3, 0.4) is 0 Å². The van der Waals surface area contributed by atoms with E-state index in [2.05, 4.69) is 58.4 Å². The molecule has 1 unspecified atom stereocenters. The van der Waals surface area contributed by atoms with Crippen molar-refractivity contribution in [3.05, 3.63) is 32.8 Å². The molecule has 1 atom stereocenters. The Bertz CT molecular complexity index is 762. The normalized spacial score (nSPS) is 13.8. The predicted molar refractivity (Wildman–Crippen MR) is 106 cm³/mol. The van der Waals surface area contributed by atoms with E-state index in [1.807, 2.05) is 18.7 Å². The van der Waals surface area contributed by atoms with Gasteiger partial charge < -0.3 is 19.2 Å². The summed E-state index contributed by atoms with van der Waals surface area (Å²) >= 11 is 3.54. The summed E-state index contributed by atoms with van der Waals surface area (Å²) in [4.78, 5) is 17.3. The van der Waals surface area contributed by atoms with Crippen molar-refractivity contribution in [2.45, 2.75) is 45.4 Å². The van der Waals surface area contributed by atoms with Gasteiger partial charge in [0.1, 0.15) is 12.2 Å². The van der Waals surface area contributed by atoms with Gasteiger partial charge in [0.25, 0.3) is 5.56 Å². The van der Waals surface area contributed by atoms with Crippen molar-refractivity contribution in [3.8, 4) is 0 Å². The Morgan fingerprint density at radius 3 is 2.62 bits per heavy atom. The second-order valence-corrected chi connectivity index (χ2v) is 14.2. The van der Waals surface area contributed by atoms with E-state index in [9.17, 15) is 4.79 Å². The van der Waals surface area contributed by atoms with E-state index in [1.54, 1.807) is 6.20 Å². The van der Waals surface area contributed by atoms with Crippen molar-refractivity contribution in [1.82, 2.24) is 14.5 Å². The Balaban J connectivity index is 2.39. The SMILES string of the molecule is CC(c1cc2c(Br)c[nH]c(=O)c2n1COCC[Si](C)(C)C)N(C)C. The molecule has 2 aromatic rings. The fourth-order valence-electron chi connectivity index (χ4n) is 2.55. The van der Waals surface area contributed by atoms with Crippen molar-refractivity contribution < 1.29 is 4.74 Å². The average molecular weight is 414 g/mol. The van der Waals surface area contributed by atoms with Crippen molar-refractivity contribution in [2.75, 3.05) is 20.7 Å². The topological polar surface area (TPSA) is 50.3 Å². The number of nitrogens with zero attached hydrogens (tertiary/aromatic N) is 2. The molecule has 2 rings (SSSR count). The maximum atomic E-state index is 12.4. The third kappa shape index (κ3) is 4.39. The van der Waals surface area contributed by atoms with Gasteiger partial charge in [0.05, 0.1) is 0 Å². The number of halogens is 1. The summed E-state index contributed by atoms with van der Waals surface area (Å²) in [6.45, 7) is 10.3. The zero-order valence-electron chi connectivity index (χ0n) is 15.4. The molecular weight excluding hydrogens is 386 g/mol. The highest BCUT2D eigenvalue weighted by molar-refractivity contribution is 9.10. The lowest BCUT2D eigenvalue weighted by molar-refractivity contribution is 0.0856. The second kappa shape index (κ2) is 7.55. The number of hydrogen-bond donors (Lipinski definition) is 1. The Labute approximate surface area is 153 Å². The van der Waals surface area contributed by atoms with Crippen LogP contribution < -0.4 is 5.56 Å². The molecule has 5 nitrogen and oxygen atoms in total. The molecule has 0 bridgehead atoms. The number of ether oxygens (including phenoxy) is 1. The van der Waals surface area contributed by atoms with E-state index >= 15 is 0 Å². The quantitative estimate of drug-likeness (QED) is 0.550. The van der Waals surface area contributed by atoms with E-state index in [-0.39, 0.29) is 11.6 Å². The molecule has 1 N–H and O–H groups in total. The maximum absolute atomic E-state index is 12.4. The monoisotopic (exact) mass is 413 g/mol. The largest absolute Gasteiger partial charge is 0.361 e. The molecule has 0 saturated heterocycles. The molecule has 2 heterocycles. The lowest BCUT2D eigenvalue weighted by Crippen LogP contribution is -2.24. The molecular formula is C17H28BrN3O2Si. The number of fused-ring (bicyclic) bond motifs is 1. The zero-order valence-corrected chi connectivity index (χ0v) is 18.0. The molecule has 7 heteroatoms. The van der Waals surface area contributed by atoms with Crippen molar-refractivity contribution in [2.24, 2.45) is 0 Å². The van der Waals surface area contributed by atoms with Crippen molar-refractivity contribution in [1.29, 1.82) is 0 Å². The van der Waals surface area contributed by atoms with Gasteiger partial charge in [-0.25, -0.2) is 0 Å². The van der Waals surface area contributed by atoms with E-state index in [0.717, 1.165) is 28.2 Å². The van der Waals surface area contributed by atoms with Gasteiger partial charge >= 0.3 is 0 Å². The third-order valence-electron chi connectivity index (χ3n) is 4.35. The second-order valence-electron chi connectivity index (χ2n) is 7.71. The van der Waals surface area contributed by atoms with Gasteiger partial charge in [0, 0.05) is 42.5 Å². The highest BCUT2D eigenvalue weighted by atomic mass is 79.9. The summed E-state index contributed by atoms with van der Waals surface area (Å²) in [5.41, 5.74) is 1.67. The van der Waals surface area contributed by atoms with Gasteiger partial charge in [-0.2, -0.15) is 0 Å². The third-order valence-corrected chi connectivity index (χ3v) is 6.71. The Hall–Kier alpha value is -0.893. The van der Waals surface area contributed by atoms with E-state index in [1.165, 1.54) is 0 Å². The fraction of sp³-hybridized carbons (Fsp3) is 0.588. The molecule has 134 valence electrons. The van der Waals surface area contributed by atoms with Crippen LogP contribution in [0.1, 0.15) is 18.7 Å². The molecule has 0 saturated carbocycles. The van der Waals surface area contributed by atoms with Gasteiger partial charge in [-0.1, -0.05) is 19.6 Å². The van der Waals surface area contributed by atoms with Crippen molar-refractivity contribution >= 4 is 34.9 Å². The maximum Gasteiger partial charge on any atom is 0.272 e. The number of hydrogen-bond acceptors (Lipinski definition) is 3. The smallest absolute Gasteiger partial charge is 0.272 e. The van der Waals surface area contributed by atoms with Gasteiger partial charge in [0.2, 0.25) is 0 Å². The van der Waals surface area contributed by atoms with Crippen LogP contribution in [0.5, 0.6) is 0 Å². The number of pyridine rings is 1. The molecule has 2 aromatic heterocycles. The van der Waals surface area contributed by atoms with Crippen LogP contribution in [-0.4, -0.2) is 43.2 Å². The molecule has 0 spiro atoms. The zero-order chi connectivity index (χ0) is 18.1. The van der Waals surface area contributed by atoms with Crippen LogP contribution in [0.4, 0.5) is 0 Å². The number of H-pyrrole nitrogens is 1. The van der Waals surface area contributed by atoms with Crippen LogP contribution in [0, 0.1) is 0 Å². The average Bonchev–Trinajstić information content (AvgIpc) is 2.86. The lowest BCUT2D eigenvalue weighted by atomic mass is 10.2. The lowest BCUT2D eigenvalue weighted by Gasteiger charge is -2.22. The van der Waals surface area contributed by atoms with Crippen LogP contribution >= 0.6 is 15.9 Å². The fourth-order valence-corrected chi connectivity index (χ4v) is 3.73. The predicted octanol–water partition coefficient (Wildman–Crippen LogP) is 4.03. The molecule has 0 amide bonds. The van der Waals surface area contributed by atoms with Crippen LogP contribution in [-0.2, 0) is 11.5 Å². The van der Waals surface area contributed by atoms with Crippen LogP contribution in [0.2, 0.25) is 25.7 Å². The summed E-state index contributed by atoms with van der Waals surface area (Å²) in [5.74, 6) is 0.